The van der Waals surface area contributed by atoms with Crippen LogP contribution in [0.4, 0.5) is 4.79 Å². The van der Waals surface area contributed by atoms with Crippen LogP contribution in [0.15, 0.2) is 35.3 Å². The maximum absolute atomic E-state index is 12.6. The molecule has 4 saturated carbocycles. The molecule has 2 heterocycles. The second-order valence-electron chi connectivity index (χ2n) is 8.60. The van der Waals surface area contributed by atoms with E-state index in [2.05, 4.69) is 38.5 Å². The maximum Gasteiger partial charge on any atom is 0.315 e. The summed E-state index contributed by atoms with van der Waals surface area (Å²) in [7, 11) is 0. The van der Waals surface area contributed by atoms with Crippen molar-refractivity contribution >= 4 is 17.4 Å². The van der Waals surface area contributed by atoms with Gasteiger partial charge in [-0.15, -0.1) is 0 Å². The third-order valence-electron chi connectivity index (χ3n) is 6.52. The number of hydrogen-bond acceptors (Lipinski definition) is 3. The van der Waals surface area contributed by atoms with Crippen molar-refractivity contribution in [1.29, 1.82) is 0 Å². The van der Waals surface area contributed by atoms with Crippen molar-refractivity contribution in [2.75, 3.05) is 0 Å². The zero-order chi connectivity index (χ0) is 17.6. The summed E-state index contributed by atoms with van der Waals surface area (Å²) < 4.78 is 0. The van der Waals surface area contributed by atoms with E-state index in [0.717, 1.165) is 28.9 Å². The minimum Gasteiger partial charge on any atom is -0.334 e. The van der Waals surface area contributed by atoms with E-state index in [0.29, 0.717) is 6.54 Å². The molecule has 0 aliphatic heterocycles. The molecule has 0 atom stereocenters. The van der Waals surface area contributed by atoms with Gasteiger partial charge in [0.15, 0.2) is 0 Å². The molecule has 4 fully saturated rings. The van der Waals surface area contributed by atoms with Crippen molar-refractivity contribution < 1.29 is 4.79 Å². The van der Waals surface area contributed by atoms with E-state index in [4.69, 9.17) is 0 Å². The normalized spacial score (nSPS) is 31.8. The summed E-state index contributed by atoms with van der Waals surface area (Å²) in [4.78, 5) is 16.9. The Labute approximate surface area is 158 Å². The summed E-state index contributed by atoms with van der Waals surface area (Å²) in [5.41, 5.74) is 3.39. The van der Waals surface area contributed by atoms with Gasteiger partial charge in [0.1, 0.15) is 0 Å². The smallest absolute Gasteiger partial charge is 0.315 e. The molecule has 2 amide bonds. The van der Waals surface area contributed by atoms with Crippen LogP contribution in [0.3, 0.4) is 0 Å². The summed E-state index contributed by atoms with van der Waals surface area (Å²) in [5, 5.41) is 10.6. The number of nitrogens with zero attached hydrogens (tertiary/aromatic N) is 1. The van der Waals surface area contributed by atoms with E-state index in [-0.39, 0.29) is 11.6 Å². The van der Waals surface area contributed by atoms with E-state index in [1.165, 1.54) is 44.1 Å². The Hall–Kier alpha value is -1.88. The van der Waals surface area contributed by atoms with Gasteiger partial charge in [-0.2, -0.15) is 11.3 Å². The molecule has 2 aromatic heterocycles. The minimum atomic E-state index is -0.0205. The molecule has 4 nitrogen and oxygen atoms in total. The van der Waals surface area contributed by atoms with Crippen molar-refractivity contribution in [3.05, 3.63) is 40.8 Å². The van der Waals surface area contributed by atoms with Gasteiger partial charge in [-0.25, -0.2) is 4.79 Å². The number of pyridine rings is 1. The summed E-state index contributed by atoms with van der Waals surface area (Å²) in [5.74, 6) is 2.52. The monoisotopic (exact) mass is 367 g/mol. The van der Waals surface area contributed by atoms with Gasteiger partial charge in [0, 0.05) is 30.0 Å². The fraction of sp³-hybridized carbons (Fsp3) is 0.524. The fourth-order valence-electron chi connectivity index (χ4n) is 5.90. The molecule has 5 heteroatoms. The zero-order valence-electron chi connectivity index (χ0n) is 14.9. The molecule has 2 N–H and O–H groups in total. The van der Waals surface area contributed by atoms with E-state index in [1.807, 2.05) is 12.4 Å². The first-order valence-electron chi connectivity index (χ1n) is 9.70. The lowest BCUT2D eigenvalue weighted by molar-refractivity contribution is -0.0135. The summed E-state index contributed by atoms with van der Waals surface area (Å²) in [6, 6.07) is 4.19. The molecule has 4 aliphatic carbocycles. The van der Waals surface area contributed by atoms with Crippen LogP contribution in [0.5, 0.6) is 0 Å². The van der Waals surface area contributed by atoms with Gasteiger partial charge in [-0.3, -0.25) is 4.98 Å². The van der Waals surface area contributed by atoms with Gasteiger partial charge in [-0.1, -0.05) is 0 Å². The van der Waals surface area contributed by atoms with Gasteiger partial charge >= 0.3 is 6.03 Å². The van der Waals surface area contributed by atoms with Crippen molar-refractivity contribution in [3.8, 4) is 11.1 Å². The van der Waals surface area contributed by atoms with Gasteiger partial charge in [0.25, 0.3) is 0 Å². The second kappa shape index (κ2) is 6.38. The Morgan fingerprint density at radius 2 is 1.85 bits per heavy atom. The number of thiophene rings is 1. The van der Waals surface area contributed by atoms with E-state index in [9.17, 15) is 4.79 Å². The van der Waals surface area contributed by atoms with Gasteiger partial charge in [-0.05, 0) is 90.3 Å². The van der Waals surface area contributed by atoms with Crippen molar-refractivity contribution in [2.45, 2.75) is 50.6 Å². The molecule has 0 saturated heterocycles. The van der Waals surface area contributed by atoms with Gasteiger partial charge in [0.2, 0.25) is 0 Å². The number of rotatable bonds is 4. The number of amides is 2. The summed E-state index contributed by atoms with van der Waals surface area (Å²) >= 11 is 1.68. The minimum absolute atomic E-state index is 0.0205. The molecule has 26 heavy (non-hydrogen) atoms. The SMILES string of the molecule is O=C(NCc1cncc(-c2ccsc2)c1)NC12CC3CC(CC(C3)C1)C2. The lowest BCUT2D eigenvalue weighted by Gasteiger charge is -2.56. The first-order valence-corrected chi connectivity index (χ1v) is 10.6. The largest absolute Gasteiger partial charge is 0.334 e. The van der Waals surface area contributed by atoms with Crippen molar-refractivity contribution in [3.63, 3.8) is 0 Å². The van der Waals surface area contributed by atoms with Crippen LogP contribution in [0.2, 0.25) is 0 Å². The van der Waals surface area contributed by atoms with Crippen LogP contribution >= 0.6 is 11.3 Å². The lowest BCUT2D eigenvalue weighted by Crippen LogP contribution is -2.61. The predicted molar refractivity (Wildman–Crippen MR) is 104 cm³/mol. The topological polar surface area (TPSA) is 54.0 Å². The van der Waals surface area contributed by atoms with Crippen LogP contribution in [0, 0.1) is 17.8 Å². The Balaban J connectivity index is 1.21. The van der Waals surface area contributed by atoms with Crippen molar-refractivity contribution in [1.82, 2.24) is 15.6 Å². The Kier molecular flexibility index (Phi) is 4.00. The molecule has 0 spiro atoms. The van der Waals surface area contributed by atoms with Gasteiger partial charge < -0.3 is 10.6 Å². The van der Waals surface area contributed by atoms with Crippen LogP contribution in [0.25, 0.3) is 11.1 Å². The van der Waals surface area contributed by atoms with Gasteiger partial charge in [0.05, 0.1) is 0 Å². The highest BCUT2D eigenvalue weighted by Crippen LogP contribution is 2.55. The highest BCUT2D eigenvalue weighted by atomic mass is 32.1. The lowest BCUT2D eigenvalue weighted by atomic mass is 9.53. The standard InChI is InChI=1S/C21H25N3OS/c25-20(24-21-7-14-3-15(8-21)5-16(4-14)9-21)23-11-17-6-19(12-22-10-17)18-1-2-26-13-18/h1-2,6,10,12-16H,3-5,7-9,11H2,(H2,23,24,25). The van der Waals surface area contributed by atoms with Crippen LogP contribution in [-0.4, -0.2) is 16.6 Å². The van der Waals surface area contributed by atoms with Crippen LogP contribution < -0.4 is 10.6 Å². The average Bonchev–Trinajstić information content (AvgIpc) is 3.13. The first kappa shape index (κ1) is 16.3. The van der Waals surface area contributed by atoms with E-state index >= 15 is 0 Å². The average molecular weight is 368 g/mol. The second-order valence-corrected chi connectivity index (χ2v) is 9.38. The van der Waals surface area contributed by atoms with Crippen LogP contribution in [-0.2, 0) is 6.54 Å². The molecule has 0 aromatic carbocycles. The third kappa shape index (κ3) is 3.13. The Morgan fingerprint density at radius 1 is 1.12 bits per heavy atom. The third-order valence-corrected chi connectivity index (χ3v) is 7.20. The van der Waals surface area contributed by atoms with E-state index in [1.54, 1.807) is 11.3 Å². The fourth-order valence-corrected chi connectivity index (χ4v) is 6.57. The number of aromatic nitrogens is 1. The Bertz CT molecular complexity index is 766. The highest BCUT2D eigenvalue weighted by molar-refractivity contribution is 7.08. The quantitative estimate of drug-likeness (QED) is 0.831. The summed E-state index contributed by atoms with van der Waals surface area (Å²) in [6.07, 6.45) is 11.4. The molecule has 2 aromatic rings. The predicted octanol–water partition coefficient (Wildman–Crippen LogP) is 4.58. The van der Waals surface area contributed by atoms with Crippen LogP contribution in [0.1, 0.15) is 44.1 Å². The summed E-state index contributed by atoms with van der Waals surface area (Å²) in [6.45, 7) is 0.517. The molecular weight excluding hydrogens is 342 g/mol. The molecule has 136 valence electrons. The number of carbonyl (C=O) groups is 1. The molecule has 4 bridgehead atoms. The highest BCUT2D eigenvalue weighted by Gasteiger charge is 2.51. The molecule has 0 unspecified atom stereocenters. The molecule has 0 radical (unpaired) electrons. The molecular formula is C21H25N3OS. The number of nitrogens with one attached hydrogen (secondary N) is 2. The first-order chi connectivity index (χ1) is 12.7. The maximum atomic E-state index is 12.6. The number of hydrogen-bond donors (Lipinski definition) is 2. The zero-order valence-corrected chi connectivity index (χ0v) is 15.7. The number of carbonyl (C=O) groups excluding carboxylic acids is 1. The van der Waals surface area contributed by atoms with Crippen molar-refractivity contribution in [2.24, 2.45) is 17.8 Å². The number of urea groups is 1. The molecule has 6 rings (SSSR count). The van der Waals surface area contributed by atoms with E-state index < -0.39 is 0 Å². The molecule has 4 aliphatic rings. The Morgan fingerprint density at radius 3 is 2.50 bits per heavy atom.